The lowest BCUT2D eigenvalue weighted by molar-refractivity contribution is -0.140. The maximum atomic E-state index is 12.0. The van der Waals surface area contributed by atoms with Gasteiger partial charge in [-0.05, 0) is 12.1 Å². The Morgan fingerprint density at radius 1 is 1.35 bits per heavy atom. The van der Waals surface area contributed by atoms with Crippen LogP contribution in [0.5, 0.6) is 0 Å². The van der Waals surface area contributed by atoms with Crippen LogP contribution in [0.1, 0.15) is 6.42 Å². The van der Waals surface area contributed by atoms with Crippen LogP contribution in [0, 0.1) is 0 Å². The third-order valence-electron chi connectivity index (χ3n) is 2.21. The van der Waals surface area contributed by atoms with Gasteiger partial charge in [-0.1, -0.05) is 29.3 Å². The number of hydrogen-bond acceptors (Lipinski definition) is 4. The number of hydrogen-bond donors (Lipinski definition) is 3. The summed E-state index contributed by atoms with van der Waals surface area (Å²) in [6, 6.07) is 2.18. The SMILES string of the molecule is NC(=O)CC(NS(=O)(=O)c1cccc(Cl)c1Cl)C(=O)O. The molecule has 1 aromatic carbocycles. The molecule has 1 amide bonds. The van der Waals surface area contributed by atoms with Crippen molar-refractivity contribution in [3.05, 3.63) is 28.2 Å². The number of carbonyl (C=O) groups is 2. The lowest BCUT2D eigenvalue weighted by atomic mass is 10.2. The molecule has 4 N–H and O–H groups in total. The summed E-state index contributed by atoms with van der Waals surface area (Å²) < 4.78 is 25.9. The van der Waals surface area contributed by atoms with E-state index in [4.69, 9.17) is 34.0 Å². The number of carboxylic acids is 1. The lowest BCUT2D eigenvalue weighted by Gasteiger charge is -2.14. The third-order valence-corrected chi connectivity index (χ3v) is 4.65. The van der Waals surface area contributed by atoms with E-state index < -0.39 is 34.4 Å². The first-order chi connectivity index (χ1) is 9.15. The summed E-state index contributed by atoms with van der Waals surface area (Å²) >= 11 is 11.4. The van der Waals surface area contributed by atoms with Crippen LogP contribution >= 0.6 is 23.2 Å². The Labute approximate surface area is 124 Å². The minimum absolute atomic E-state index is 0.00341. The molecular weight excluding hydrogens is 331 g/mol. The van der Waals surface area contributed by atoms with E-state index in [-0.39, 0.29) is 14.9 Å². The molecule has 0 fully saturated rings. The Kier molecular flexibility index (Phi) is 5.35. The molecule has 110 valence electrons. The van der Waals surface area contributed by atoms with Gasteiger partial charge in [-0.2, -0.15) is 4.72 Å². The second kappa shape index (κ2) is 6.40. The molecule has 0 radical (unpaired) electrons. The summed E-state index contributed by atoms with van der Waals surface area (Å²) in [4.78, 5) is 21.2. The van der Waals surface area contributed by atoms with E-state index in [9.17, 15) is 18.0 Å². The molecule has 0 saturated heterocycles. The summed E-state index contributed by atoms with van der Waals surface area (Å²) in [6.07, 6.45) is -0.688. The monoisotopic (exact) mass is 340 g/mol. The van der Waals surface area contributed by atoms with Crippen LogP contribution in [0.15, 0.2) is 23.1 Å². The first-order valence-corrected chi connectivity index (χ1v) is 7.36. The highest BCUT2D eigenvalue weighted by atomic mass is 35.5. The molecule has 0 aliphatic heterocycles. The van der Waals surface area contributed by atoms with Gasteiger partial charge in [-0.15, -0.1) is 0 Å². The lowest BCUT2D eigenvalue weighted by Crippen LogP contribution is -2.43. The van der Waals surface area contributed by atoms with Crippen molar-refractivity contribution in [1.29, 1.82) is 0 Å². The molecule has 0 aromatic heterocycles. The minimum Gasteiger partial charge on any atom is -0.480 e. The zero-order valence-corrected chi connectivity index (χ0v) is 12.2. The molecule has 7 nitrogen and oxygen atoms in total. The predicted octanol–water partition coefficient (Wildman–Crippen LogP) is 0.600. The first kappa shape index (κ1) is 16.7. The molecule has 1 rings (SSSR count). The largest absolute Gasteiger partial charge is 0.480 e. The number of rotatable bonds is 6. The molecule has 0 aliphatic rings. The number of aliphatic carboxylic acids is 1. The molecule has 0 heterocycles. The van der Waals surface area contributed by atoms with Crippen molar-refractivity contribution >= 4 is 45.1 Å². The van der Waals surface area contributed by atoms with Gasteiger partial charge in [0.2, 0.25) is 15.9 Å². The van der Waals surface area contributed by atoms with Crippen LogP contribution in [0.25, 0.3) is 0 Å². The number of carboxylic acid groups (broad SMARTS) is 1. The summed E-state index contributed by atoms with van der Waals surface area (Å²) in [6.45, 7) is 0. The third kappa shape index (κ3) is 4.07. The van der Waals surface area contributed by atoms with Gasteiger partial charge in [0.05, 0.1) is 16.5 Å². The van der Waals surface area contributed by atoms with Crippen LogP contribution in [0.3, 0.4) is 0 Å². The Morgan fingerprint density at radius 2 is 1.95 bits per heavy atom. The van der Waals surface area contributed by atoms with Crippen LogP contribution in [0.4, 0.5) is 0 Å². The second-order valence-electron chi connectivity index (χ2n) is 3.73. The number of primary amides is 1. The highest BCUT2D eigenvalue weighted by molar-refractivity contribution is 7.89. The average molecular weight is 341 g/mol. The number of halogens is 2. The zero-order valence-electron chi connectivity index (χ0n) is 9.84. The molecule has 0 saturated carbocycles. The molecule has 0 spiro atoms. The normalized spacial score (nSPS) is 12.9. The minimum atomic E-state index is -4.26. The van der Waals surface area contributed by atoms with Gasteiger partial charge in [0.25, 0.3) is 0 Å². The number of carbonyl (C=O) groups excluding carboxylic acids is 1. The second-order valence-corrected chi connectivity index (χ2v) is 6.20. The smallest absolute Gasteiger partial charge is 0.322 e. The molecule has 0 aliphatic carbocycles. The fourth-order valence-corrected chi connectivity index (χ4v) is 3.27. The molecule has 20 heavy (non-hydrogen) atoms. The van der Waals surface area contributed by atoms with Gasteiger partial charge >= 0.3 is 5.97 Å². The summed E-state index contributed by atoms with van der Waals surface area (Å²) in [7, 11) is -4.26. The summed E-state index contributed by atoms with van der Waals surface area (Å²) in [5.41, 5.74) is 4.86. The molecule has 1 aromatic rings. The van der Waals surface area contributed by atoms with Crippen molar-refractivity contribution in [3.63, 3.8) is 0 Å². The van der Waals surface area contributed by atoms with E-state index in [0.29, 0.717) is 0 Å². The first-order valence-electron chi connectivity index (χ1n) is 5.12. The van der Waals surface area contributed by atoms with Gasteiger partial charge in [-0.3, -0.25) is 9.59 Å². The van der Waals surface area contributed by atoms with Gasteiger partial charge in [0.15, 0.2) is 0 Å². The Morgan fingerprint density at radius 3 is 2.45 bits per heavy atom. The summed E-state index contributed by atoms with van der Waals surface area (Å²) in [5.74, 6) is -2.50. The zero-order chi connectivity index (χ0) is 15.5. The fraction of sp³-hybridized carbons (Fsp3) is 0.200. The van der Waals surface area contributed by atoms with E-state index in [0.717, 1.165) is 6.07 Å². The standard InChI is InChI=1S/C10H10Cl2N2O5S/c11-5-2-1-3-7(9(5)12)20(18,19)14-6(10(16)17)4-8(13)15/h1-3,6,14H,4H2,(H2,13,15)(H,16,17). The van der Waals surface area contributed by atoms with E-state index >= 15 is 0 Å². The van der Waals surface area contributed by atoms with Crippen molar-refractivity contribution < 1.29 is 23.1 Å². The Bertz CT molecular complexity index is 647. The fourth-order valence-electron chi connectivity index (χ4n) is 1.32. The van der Waals surface area contributed by atoms with Gasteiger partial charge in [-0.25, -0.2) is 8.42 Å². The molecule has 1 atom stereocenters. The highest BCUT2D eigenvalue weighted by Crippen LogP contribution is 2.28. The topological polar surface area (TPSA) is 127 Å². The average Bonchev–Trinajstić information content (AvgIpc) is 2.30. The van der Waals surface area contributed by atoms with E-state index in [2.05, 4.69) is 0 Å². The number of nitrogens with one attached hydrogen (secondary N) is 1. The number of sulfonamides is 1. The van der Waals surface area contributed by atoms with Crippen LogP contribution in [0.2, 0.25) is 10.0 Å². The van der Waals surface area contributed by atoms with Crippen LogP contribution in [-0.2, 0) is 19.6 Å². The Balaban J connectivity index is 3.13. The predicted molar refractivity (Wildman–Crippen MR) is 72.0 cm³/mol. The van der Waals surface area contributed by atoms with Gasteiger partial charge in [0, 0.05) is 0 Å². The Hall–Kier alpha value is -1.35. The van der Waals surface area contributed by atoms with Crippen LogP contribution < -0.4 is 10.5 Å². The quantitative estimate of drug-likeness (QED) is 0.698. The van der Waals surface area contributed by atoms with Gasteiger partial charge in [0.1, 0.15) is 10.9 Å². The maximum Gasteiger partial charge on any atom is 0.322 e. The molecule has 1 unspecified atom stereocenters. The summed E-state index contributed by atoms with van der Waals surface area (Å²) in [5, 5.41) is 8.61. The maximum absolute atomic E-state index is 12.0. The van der Waals surface area contributed by atoms with E-state index in [1.165, 1.54) is 12.1 Å². The van der Waals surface area contributed by atoms with E-state index in [1.807, 2.05) is 4.72 Å². The van der Waals surface area contributed by atoms with Gasteiger partial charge < -0.3 is 10.8 Å². The van der Waals surface area contributed by atoms with Crippen molar-refractivity contribution in [3.8, 4) is 0 Å². The molecule has 10 heteroatoms. The van der Waals surface area contributed by atoms with Crippen molar-refractivity contribution in [2.24, 2.45) is 5.73 Å². The van der Waals surface area contributed by atoms with Crippen molar-refractivity contribution in [1.82, 2.24) is 4.72 Å². The molecular formula is C10H10Cl2N2O5S. The number of benzene rings is 1. The number of nitrogens with two attached hydrogens (primary N) is 1. The van der Waals surface area contributed by atoms with E-state index in [1.54, 1.807) is 0 Å². The molecule has 0 bridgehead atoms. The highest BCUT2D eigenvalue weighted by Gasteiger charge is 2.28. The van der Waals surface area contributed by atoms with Crippen molar-refractivity contribution in [2.75, 3.05) is 0 Å². The van der Waals surface area contributed by atoms with Crippen molar-refractivity contribution in [2.45, 2.75) is 17.4 Å². The van der Waals surface area contributed by atoms with Crippen LogP contribution in [-0.4, -0.2) is 31.4 Å². The number of amides is 1.